The third-order valence-corrected chi connectivity index (χ3v) is 4.62. The van der Waals surface area contributed by atoms with E-state index in [9.17, 15) is 0 Å². The van der Waals surface area contributed by atoms with E-state index in [2.05, 4.69) is 46.7 Å². The van der Waals surface area contributed by atoms with Crippen LogP contribution in [0.2, 0.25) is 0 Å². The zero-order chi connectivity index (χ0) is 17.5. The van der Waals surface area contributed by atoms with Crippen molar-refractivity contribution in [3.63, 3.8) is 0 Å². The van der Waals surface area contributed by atoms with E-state index in [1.165, 1.54) is 11.1 Å². The van der Waals surface area contributed by atoms with Gasteiger partial charge < -0.3 is 5.73 Å². The summed E-state index contributed by atoms with van der Waals surface area (Å²) in [6.07, 6.45) is 2.50. The number of para-hydroxylation sites is 1. The number of benzene rings is 2. The molecule has 1 aliphatic heterocycles. The maximum Gasteiger partial charge on any atom is 0.236 e. The van der Waals surface area contributed by atoms with Crippen molar-refractivity contribution in [2.24, 2.45) is 15.9 Å². The van der Waals surface area contributed by atoms with Crippen LogP contribution < -0.4 is 16.1 Å². The second kappa shape index (κ2) is 8.66. The van der Waals surface area contributed by atoms with Crippen LogP contribution in [0.3, 0.4) is 0 Å². The molecular formula is C18H22N6S. The first kappa shape index (κ1) is 17.5. The predicted molar refractivity (Wildman–Crippen MR) is 106 cm³/mol. The highest BCUT2D eigenvalue weighted by atomic mass is 32.2. The molecule has 1 fully saturated rings. The molecule has 0 aliphatic carbocycles. The topological polar surface area (TPSA) is 69.2 Å². The monoisotopic (exact) mass is 354 g/mol. The van der Waals surface area contributed by atoms with Crippen molar-refractivity contribution in [2.75, 3.05) is 17.6 Å². The molecule has 1 aliphatic rings. The Labute approximate surface area is 152 Å². The number of hydrazine groups is 1. The predicted octanol–water partition coefficient (Wildman–Crippen LogP) is 2.73. The van der Waals surface area contributed by atoms with E-state index in [4.69, 9.17) is 5.73 Å². The largest absolute Gasteiger partial charge is 0.367 e. The van der Waals surface area contributed by atoms with Gasteiger partial charge in [0.05, 0.1) is 18.2 Å². The fraction of sp³-hybridized carbons (Fsp3) is 0.222. The summed E-state index contributed by atoms with van der Waals surface area (Å²) >= 11 is 1.65. The maximum absolute atomic E-state index is 6.21. The number of hydrogen-bond donors (Lipinski definition) is 2. The van der Waals surface area contributed by atoms with Crippen molar-refractivity contribution < 1.29 is 0 Å². The molecule has 3 rings (SSSR count). The molecule has 0 amide bonds. The molecule has 130 valence electrons. The van der Waals surface area contributed by atoms with E-state index < -0.39 is 0 Å². The Morgan fingerprint density at radius 3 is 2.68 bits per heavy atom. The number of nitrogens with two attached hydrogens (primary N) is 1. The van der Waals surface area contributed by atoms with Crippen molar-refractivity contribution in [1.29, 1.82) is 0 Å². The number of anilines is 1. The van der Waals surface area contributed by atoms with Gasteiger partial charge >= 0.3 is 0 Å². The quantitative estimate of drug-likeness (QED) is 0.374. The lowest BCUT2D eigenvalue weighted by Crippen LogP contribution is -2.47. The molecule has 1 heterocycles. The zero-order valence-corrected chi connectivity index (χ0v) is 15.0. The number of nitrogens with zero attached hydrogens (tertiary/aromatic N) is 4. The van der Waals surface area contributed by atoms with Gasteiger partial charge in [0.15, 0.2) is 0 Å². The van der Waals surface area contributed by atoms with Crippen molar-refractivity contribution in [3.05, 3.63) is 65.7 Å². The van der Waals surface area contributed by atoms with Gasteiger partial charge in [0.1, 0.15) is 0 Å². The van der Waals surface area contributed by atoms with Crippen LogP contribution in [-0.4, -0.2) is 29.1 Å². The van der Waals surface area contributed by atoms with Crippen molar-refractivity contribution in [3.8, 4) is 0 Å². The van der Waals surface area contributed by atoms with Crippen LogP contribution >= 0.6 is 11.9 Å². The van der Waals surface area contributed by atoms with Crippen LogP contribution in [-0.2, 0) is 6.42 Å². The molecule has 7 heteroatoms. The molecule has 1 saturated heterocycles. The first-order chi connectivity index (χ1) is 12.2. The van der Waals surface area contributed by atoms with Crippen molar-refractivity contribution in [2.45, 2.75) is 13.3 Å². The average molecular weight is 354 g/mol. The van der Waals surface area contributed by atoms with Gasteiger partial charge in [-0.1, -0.05) is 48.0 Å². The molecule has 2 aromatic carbocycles. The van der Waals surface area contributed by atoms with Crippen LogP contribution in [0, 0.1) is 6.92 Å². The lowest BCUT2D eigenvalue weighted by Gasteiger charge is -2.29. The fourth-order valence-electron chi connectivity index (χ4n) is 2.39. The number of aryl methyl sites for hydroxylation is 1. The van der Waals surface area contributed by atoms with E-state index in [1.54, 1.807) is 18.2 Å². The van der Waals surface area contributed by atoms with E-state index in [0.29, 0.717) is 12.6 Å². The Morgan fingerprint density at radius 2 is 2.00 bits per heavy atom. The SMILES string of the molecule is Cc1ccc(C/C=N/N=C(\N)N(c2ccccc2)N2CNCS2)cc1. The summed E-state index contributed by atoms with van der Waals surface area (Å²) < 4.78 is 2.03. The summed E-state index contributed by atoms with van der Waals surface area (Å²) in [5.41, 5.74) is 9.61. The van der Waals surface area contributed by atoms with Crippen LogP contribution in [0.1, 0.15) is 11.1 Å². The second-order valence-corrected chi connectivity index (χ2v) is 6.60. The summed E-state index contributed by atoms with van der Waals surface area (Å²) in [5.74, 6) is 1.18. The van der Waals surface area contributed by atoms with Gasteiger partial charge in [0.2, 0.25) is 5.96 Å². The van der Waals surface area contributed by atoms with Gasteiger partial charge in [0, 0.05) is 12.6 Å². The van der Waals surface area contributed by atoms with Gasteiger partial charge in [-0.25, -0.2) is 5.01 Å². The van der Waals surface area contributed by atoms with Gasteiger partial charge in [-0.15, -0.1) is 9.52 Å². The summed E-state index contributed by atoms with van der Waals surface area (Å²) in [6.45, 7) is 2.77. The van der Waals surface area contributed by atoms with Gasteiger partial charge in [-0.3, -0.25) is 5.32 Å². The number of nitrogens with one attached hydrogen (secondary N) is 1. The van der Waals surface area contributed by atoms with Crippen LogP contribution in [0.4, 0.5) is 5.69 Å². The molecule has 6 nitrogen and oxygen atoms in total. The summed E-state index contributed by atoms with van der Waals surface area (Å²) in [6, 6.07) is 18.3. The van der Waals surface area contributed by atoms with E-state index in [1.807, 2.05) is 39.8 Å². The van der Waals surface area contributed by atoms with Crippen molar-refractivity contribution in [1.82, 2.24) is 9.73 Å². The molecule has 0 radical (unpaired) electrons. The molecule has 0 aromatic heterocycles. The van der Waals surface area contributed by atoms with Gasteiger partial charge in [0.25, 0.3) is 0 Å². The molecule has 0 atom stereocenters. The van der Waals surface area contributed by atoms with Crippen LogP contribution in [0.15, 0.2) is 64.8 Å². The standard InChI is InChI=1S/C18H22N6S/c1-15-7-9-16(10-8-15)11-12-21-22-18(19)24(23-13-20-14-25-23)17-5-3-2-4-6-17/h2-10,12,20H,11,13-14H2,1H3,(H2,19,22)/b21-12+. The van der Waals surface area contributed by atoms with E-state index >= 15 is 0 Å². The fourth-order valence-corrected chi connectivity index (χ4v) is 3.20. The normalized spacial score (nSPS) is 15.8. The Bertz CT molecular complexity index is 723. The number of rotatable bonds is 5. The molecule has 2 aromatic rings. The third kappa shape index (κ3) is 4.82. The molecule has 0 bridgehead atoms. The Balaban J connectivity index is 1.70. The molecule has 0 spiro atoms. The number of hydrogen-bond acceptors (Lipinski definition) is 5. The highest BCUT2D eigenvalue weighted by Crippen LogP contribution is 2.23. The van der Waals surface area contributed by atoms with Crippen molar-refractivity contribution >= 4 is 29.8 Å². The van der Waals surface area contributed by atoms with E-state index in [0.717, 1.165) is 18.0 Å². The van der Waals surface area contributed by atoms with E-state index in [-0.39, 0.29) is 0 Å². The van der Waals surface area contributed by atoms with Crippen LogP contribution in [0.5, 0.6) is 0 Å². The zero-order valence-electron chi connectivity index (χ0n) is 14.2. The van der Waals surface area contributed by atoms with Gasteiger partial charge in [-0.05, 0) is 36.6 Å². The smallest absolute Gasteiger partial charge is 0.236 e. The lowest BCUT2D eigenvalue weighted by atomic mass is 10.1. The summed E-state index contributed by atoms with van der Waals surface area (Å²) in [4.78, 5) is 0. The van der Waals surface area contributed by atoms with Crippen LogP contribution in [0.25, 0.3) is 0 Å². The third-order valence-electron chi connectivity index (χ3n) is 3.69. The molecule has 25 heavy (non-hydrogen) atoms. The molecule has 0 saturated carbocycles. The molecular weight excluding hydrogens is 332 g/mol. The minimum atomic E-state index is 0.336. The Morgan fingerprint density at radius 1 is 1.24 bits per heavy atom. The molecule has 0 unspecified atom stereocenters. The Hall–Kier alpha value is -2.35. The second-order valence-electron chi connectivity index (χ2n) is 5.63. The summed E-state index contributed by atoms with van der Waals surface area (Å²) in [5, 5.41) is 13.5. The maximum atomic E-state index is 6.21. The summed E-state index contributed by atoms with van der Waals surface area (Å²) in [7, 11) is 0. The minimum Gasteiger partial charge on any atom is -0.367 e. The first-order valence-corrected chi connectivity index (χ1v) is 9.05. The average Bonchev–Trinajstić information content (AvgIpc) is 3.15. The minimum absolute atomic E-state index is 0.336. The number of guanidine groups is 1. The van der Waals surface area contributed by atoms with Gasteiger partial charge in [-0.2, -0.15) is 5.10 Å². The Kier molecular flexibility index (Phi) is 6.05. The highest BCUT2D eigenvalue weighted by Gasteiger charge is 2.23. The molecule has 3 N–H and O–H groups in total. The lowest BCUT2D eigenvalue weighted by molar-refractivity contribution is 0.488. The highest BCUT2D eigenvalue weighted by molar-refractivity contribution is 7.97. The first-order valence-electron chi connectivity index (χ1n) is 8.11.